The average molecular weight is 217 g/mol. The Morgan fingerprint density at radius 2 is 2.44 bits per heavy atom. The summed E-state index contributed by atoms with van der Waals surface area (Å²) in [5, 5.41) is 3.35. The number of rotatable bonds is 1. The molecule has 84 valence electrons. The van der Waals surface area contributed by atoms with Crippen molar-refractivity contribution >= 4 is 11.6 Å². The predicted molar refractivity (Wildman–Crippen MR) is 61.1 cm³/mol. The van der Waals surface area contributed by atoms with Crippen LogP contribution in [0.1, 0.15) is 12.8 Å². The Morgan fingerprint density at radius 3 is 3.25 bits per heavy atom. The molecule has 2 atom stereocenters. The van der Waals surface area contributed by atoms with Crippen molar-refractivity contribution in [3.05, 3.63) is 24.5 Å². The minimum absolute atomic E-state index is 0.242. The molecule has 1 aromatic heterocycles. The summed E-state index contributed by atoms with van der Waals surface area (Å²) >= 11 is 0. The predicted octanol–water partition coefficient (Wildman–Crippen LogP) is 0.796. The van der Waals surface area contributed by atoms with Crippen LogP contribution in [0, 0.1) is 5.92 Å². The molecule has 0 bridgehead atoms. The highest BCUT2D eigenvalue weighted by Gasteiger charge is 2.41. The number of pyridine rings is 1. The summed E-state index contributed by atoms with van der Waals surface area (Å²) in [6, 6.07) is 4.23. The Morgan fingerprint density at radius 1 is 1.50 bits per heavy atom. The Balaban J connectivity index is 1.91. The summed E-state index contributed by atoms with van der Waals surface area (Å²) in [5.74, 6) is 0.716. The van der Waals surface area contributed by atoms with Gasteiger partial charge < -0.3 is 10.2 Å². The molecule has 0 radical (unpaired) electrons. The number of nitrogens with zero attached hydrogens (tertiary/aromatic N) is 2. The number of amides is 1. The minimum Gasteiger partial charge on any atom is -0.316 e. The van der Waals surface area contributed by atoms with Gasteiger partial charge in [-0.1, -0.05) is 0 Å². The molecule has 16 heavy (non-hydrogen) atoms. The van der Waals surface area contributed by atoms with Crippen molar-refractivity contribution in [3.8, 4) is 0 Å². The third-order valence-corrected chi connectivity index (χ3v) is 3.53. The first-order valence-electron chi connectivity index (χ1n) is 5.79. The summed E-state index contributed by atoms with van der Waals surface area (Å²) in [6.45, 7) is 1.97. The van der Waals surface area contributed by atoms with Crippen LogP contribution >= 0.6 is 0 Å². The SMILES string of the molecule is O=C1CC2CNCCC2N1c1cccnc1. The van der Waals surface area contributed by atoms with Crippen LogP contribution in [-0.4, -0.2) is 30.0 Å². The van der Waals surface area contributed by atoms with Crippen molar-refractivity contribution in [1.29, 1.82) is 0 Å². The number of hydrogen-bond acceptors (Lipinski definition) is 3. The van der Waals surface area contributed by atoms with Gasteiger partial charge in [-0.2, -0.15) is 0 Å². The van der Waals surface area contributed by atoms with E-state index in [2.05, 4.69) is 10.3 Å². The number of hydrogen-bond donors (Lipinski definition) is 1. The zero-order chi connectivity index (χ0) is 11.0. The van der Waals surface area contributed by atoms with E-state index in [9.17, 15) is 4.79 Å². The Labute approximate surface area is 94.7 Å². The second-order valence-electron chi connectivity index (χ2n) is 4.50. The van der Waals surface area contributed by atoms with Crippen LogP contribution in [0.15, 0.2) is 24.5 Å². The molecule has 3 rings (SSSR count). The third-order valence-electron chi connectivity index (χ3n) is 3.53. The van der Waals surface area contributed by atoms with Crippen LogP contribution in [0.25, 0.3) is 0 Å². The molecule has 1 aromatic rings. The lowest BCUT2D eigenvalue weighted by atomic mass is 9.94. The average Bonchev–Trinajstić information content (AvgIpc) is 2.66. The number of carbonyl (C=O) groups excluding carboxylic acids is 1. The van der Waals surface area contributed by atoms with E-state index in [0.29, 0.717) is 18.4 Å². The van der Waals surface area contributed by atoms with E-state index in [-0.39, 0.29) is 5.91 Å². The Bertz CT molecular complexity index is 393. The van der Waals surface area contributed by atoms with Crippen LogP contribution in [0.5, 0.6) is 0 Å². The zero-order valence-electron chi connectivity index (χ0n) is 9.10. The standard InChI is InChI=1S/C12H15N3O/c16-12-6-9-7-14-5-3-11(9)15(12)10-2-1-4-13-8-10/h1-2,4,8-9,11,14H,3,5-7H2. The van der Waals surface area contributed by atoms with E-state index in [4.69, 9.17) is 0 Å². The smallest absolute Gasteiger partial charge is 0.227 e. The molecule has 1 N–H and O–H groups in total. The van der Waals surface area contributed by atoms with Crippen LogP contribution in [0.2, 0.25) is 0 Å². The summed E-state index contributed by atoms with van der Waals surface area (Å²) in [4.78, 5) is 18.0. The molecule has 2 aliphatic rings. The lowest BCUT2D eigenvalue weighted by Crippen LogP contribution is -2.44. The number of nitrogens with one attached hydrogen (secondary N) is 1. The lowest BCUT2D eigenvalue weighted by molar-refractivity contribution is -0.117. The monoisotopic (exact) mass is 217 g/mol. The molecule has 3 heterocycles. The van der Waals surface area contributed by atoms with E-state index in [1.807, 2.05) is 17.0 Å². The molecule has 0 aromatic carbocycles. The van der Waals surface area contributed by atoms with Crippen molar-refractivity contribution in [1.82, 2.24) is 10.3 Å². The molecular formula is C12H15N3O. The number of fused-ring (bicyclic) bond motifs is 1. The van der Waals surface area contributed by atoms with E-state index in [1.54, 1.807) is 12.4 Å². The number of carbonyl (C=O) groups is 1. The van der Waals surface area contributed by atoms with Gasteiger partial charge in [0.2, 0.25) is 5.91 Å². The maximum atomic E-state index is 12.0. The second kappa shape index (κ2) is 3.87. The summed E-state index contributed by atoms with van der Waals surface area (Å²) < 4.78 is 0. The van der Waals surface area contributed by atoms with Crippen molar-refractivity contribution in [2.45, 2.75) is 18.9 Å². The maximum absolute atomic E-state index is 12.0. The number of piperidine rings is 1. The van der Waals surface area contributed by atoms with Crippen LogP contribution in [0.3, 0.4) is 0 Å². The quantitative estimate of drug-likeness (QED) is 0.756. The zero-order valence-corrected chi connectivity index (χ0v) is 9.10. The van der Waals surface area contributed by atoms with E-state index >= 15 is 0 Å². The molecule has 4 nitrogen and oxygen atoms in total. The molecule has 4 heteroatoms. The third kappa shape index (κ3) is 1.50. The van der Waals surface area contributed by atoms with Gasteiger partial charge in [-0.3, -0.25) is 9.78 Å². The molecule has 2 aliphatic heterocycles. The van der Waals surface area contributed by atoms with Crippen molar-refractivity contribution in [2.24, 2.45) is 5.92 Å². The fourth-order valence-electron chi connectivity index (χ4n) is 2.80. The summed E-state index contributed by atoms with van der Waals surface area (Å²) in [7, 11) is 0. The van der Waals surface area contributed by atoms with Crippen molar-refractivity contribution in [3.63, 3.8) is 0 Å². The highest BCUT2D eigenvalue weighted by atomic mass is 16.2. The summed E-state index contributed by atoms with van der Waals surface area (Å²) in [5.41, 5.74) is 0.946. The maximum Gasteiger partial charge on any atom is 0.227 e. The highest BCUT2D eigenvalue weighted by Crippen LogP contribution is 2.33. The van der Waals surface area contributed by atoms with Gasteiger partial charge in [0, 0.05) is 31.1 Å². The molecule has 0 saturated carbocycles. The van der Waals surface area contributed by atoms with Gasteiger partial charge in [0.25, 0.3) is 0 Å². The lowest BCUT2D eigenvalue weighted by Gasteiger charge is -2.31. The molecular weight excluding hydrogens is 202 g/mol. The van der Waals surface area contributed by atoms with Gasteiger partial charge in [-0.15, -0.1) is 0 Å². The summed E-state index contributed by atoms with van der Waals surface area (Å²) in [6.07, 6.45) is 5.24. The number of aromatic nitrogens is 1. The van der Waals surface area contributed by atoms with Gasteiger partial charge in [0.05, 0.1) is 11.9 Å². The van der Waals surface area contributed by atoms with E-state index < -0.39 is 0 Å². The minimum atomic E-state index is 0.242. The van der Waals surface area contributed by atoms with Gasteiger partial charge >= 0.3 is 0 Å². The van der Waals surface area contributed by atoms with Crippen molar-refractivity contribution < 1.29 is 4.79 Å². The van der Waals surface area contributed by atoms with E-state index in [0.717, 1.165) is 25.2 Å². The molecule has 2 unspecified atom stereocenters. The van der Waals surface area contributed by atoms with Gasteiger partial charge in [0.1, 0.15) is 0 Å². The number of anilines is 1. The molecule has 0 spiro atoms. The highest BCUT2D eigenvalue weighted by molar-refractivity contribution is 5.96. The van der Waals surface area contributed by atoms with Gasteiger partial charge in [-0.05, 0) is 25.1 Å². The molecule has 1 amide bonds. The molecule has 2 saturated heterocycles. The fourth-order valence-corrected chi connectivity index (χ4v) is 2.80. The van der Waals surface area contributed by atoms with Crippen LogP contribution in [0.4, 0.5) is 5.69 Å². The Hall–Kier alpha value is -1.42. The first-order chi connectivity index (χ1) is 7.86. The first kappa shape index (κ1) is 9.78. The largest absolute Gasteiger partial charge is 0.316 e. The normalized spacial score (nSPS) is 29.2. The fraction of sp³-hybridized carbons (Fsp3) is 0.500. The van der Waals surface area contributed by atoms with Gasteiger partial charge in [-0.25, -0.2) is 0 Å². The molecule has 2 fully saturated rings. The Kier molecular flexibility index (Phi) is 2.36. The second-order valence-corrected chi connectivity index (χ2v) is 4.50. The van der Waals surface area contributed by atoms with Crippen LogP contribution < -0.4 is 10.2 Å². The van der Waals surface area contributed by atoms with Crippen molar-refractivity contribution in [2.75, 3.05) is 18.0 Å². The molecule has 0 aliphatic carbocycles. The topological polar surface area (TPSA) is 45.2 Å². The first-order valence-corrected chi connectivity index (χ1v) is 5.79. The van der Waals surface area contributed by atoms with Crippen LogP contribution in [-0.2, 0) is 4.79 Å². The van der Waals surface area contributed by atoms with Gasteiger partial charge in [0.15, 0.2) is 0 Å². The van der Waals surface area contributed by atoms with E-state index in [1.165, 1.54) is 0 Å².